The van der Waals surface area contributed by atoms with E-state index < -0.39 is 0 Å². The largest absolute Gasteiger partial charge is 0.383 e. The van der Waals surface area contributed by atoms with Crippen molar-refractivity contribution in [2.75, 3.05) is 13.7 Å². The van der Waals surface area contributed by atoms with Crippen molar-refractivity contribution in [2.24, 2.45) is 0 Å². The molecule has 126 valence electrons. The summed E-state index contributed by atoms with van der Waals surface area (Å²) in [6.07, 6.45) is 6.10. The number of fused-ring (bicyclic) bond motifs is 2. The van der Waals surface area contributed by atoms with Gasteiger partial charge >= 0.3 is 0 Å². The molecule has 9 heteroatoms. The van der Waals surface area contributed by atoms with Crippen LogP contribution >= 0.6 is 0 Å². The molecule has 0 saturated heterocycles. The van der Waals surface area contributed by atoms with Crippen LogP contribution in [0.4, 0.5) is 0 Å². The van der Waals surface area contributed by atoms with Crippen LogP contribution in [0.2, 0.25) is 0 Å². The van der Waals surface area contributed by atoms with Crippen LogP contribution in [0.1, 0.15) is 0 Å². The fraction of sp³-hybridized carbons (Fsp3) is 0.188. The third-order valence-electron chi connectivity index (χ3n) is 3.99. The zero-order valence-corrected chi connectivity index (χ0v) is 13.4. The Kier molecular flexibility index (Phi) is 3.62. The zero-order valence-electron chi connectivity index (χ0n) is 13.4. The van der Waals surface area contributed by atoms with Crippen molar-refractivity contribution in [3.63, 3.8) is 0 Å². The first-order valence-electron chi connectivity index (χ1n) is 7.59. The van der Waals surface area contributed by atoms with Crippen LogP contribution in [0.15, 0.2) is 52.8 Å². The van der Waals surface area contributed by atoms with E-state index in [1.165, 1.54) is 22.0 Å². The molecule has 0 spiro atoms. The summed E-state index contributed by atoms with van der Waals surface area (Å²) in [6, 6.07) is 5.07. The van der Waals surface area contributed by atoms with Gasteiger partial charge < -0.3 is 9.30 Å². The second kappa shape index (κ2) is 5.95. The summed E-state index contributed by atoms with van der Waals surface area (Å²) in [5.41, 5.74) is 0.560. The number of ether oxygens (including phenoxy) is 1. The second-order valence-electron chi connectivity index (χ2n) is 5.47. The molecule has 0 radical (unpaired) electrons. The Morgan fingerprint density at radius 1 is 1.00 bits per heavy atom. The van der Waals surface area contributed by atoms with Crippen LogP contribution in [0, 0.1) is 0 Å². The highest BCUT2D eigenvalue weighted by Crippen LogP contribution is 2.14. The lowest BCUT2D eigenvalue weighted by atomic mass is 10.2. The number of rotatable bonds is 4. The van der Waals surface area contributed by atoms with E-state index in [-0.39, 0.29) is 11.1 Å². The molecule has 0 saturated carbocycles. The molecule has 0 amide bonds. The Hall–Kier alpha value is -3.33. The van der Waals surface area contributed by atoms with E-state index in [1.807, 2.05) is 0 Å². The molecule has 0 aliphatic rings. The molecule has 9 nitrogen and oxygen atoms in total. The molecule has 4 rings (SSSR count). The summed E-state index contributed by atoms with van der Waals surface area (Å²) in [5.74, 6) is 0. The molecule has 0 unspecified atom stereocenters. The lowest BCUT2D eigenvalue weighted by molar-refractivity contribution is 0.186. The second-order valence-corrected chi connectivity index (χ2v) is 5.47. The van der Waals surface area contributed by atoms with Crippen molar-refractivity contribution in [1.82, 2.24) is 29.1 Å². The average Bonchev–Trinajstić information content (AvgIpc) is 3.15. The number of pyridine rings is 3. The predicted molar refractivity (Wildman–Crippen MR) is 90.5 cm³/mol. The van der Waals surface area contributed by atoms with Crippen molar-refractivity contribution < 1.29 is 4.74 Å². The molecule has 0 aliphatic heterocycles. The van der Waals surface area contributed by atoms with Crippen LogP contribution < -0.4 is 11.1 Å². The molecular formula is C16H14N6O3. The SMILES string of the molecule is COCCn1ccc2nc3ccn(-n4cnnc4)c(=O)c3cc2c1=O. The van der Waals surface area contributed by atoms with Gasteiger partial charge in [0.2, 0.25) is 0 Å². The van der Waals surface area contributed by atoms with Crippen LogP contribution in [-0.2, 0) is 11.3 Å². The quantitative estimate of drug-likeness (QED) is 0.495. The average molecular weight is 338 g/mol. The Morgan fingerprint density at radius 3 is 2.40 bits per heavy atom. The highest BCUT2D eigenvalue weighted by Gasteiger charge is 2.10. The molecule has 4 aromatic heterocycles. The molecule has 0 fully saturated rings. The van der Waals surface area contributed by atoms with Gasteiger partial charge in [-0.25, -0.2) is 14.3 Å². The van der Waals surface area contributed by atoms with Gasteiger partial charge in [0.25, 0.3) is 11.1 Å². The summed E-state index contributed by atoms with van der Waals surface area (Å²) >= 11 is 0. The van der Waals surface area contributed by atoms with E-state index >= 15 is 0 Å². The van der Waals surface area contributed by atoms with E-state index in [0.29, 0.717) is 35.0 Å². The first kappa shape index (κ1) is 15.2. The van der Waals surface area contributed by atoms with Gasteiger partial charge in [-0.15, -0.1) is 10.2 Å². The molecule has 4 heterocycles. The molecule has 4 aromatic rings. The van der Waals surface area contributed by atoms with E-state index in [1.54, 1.807) is 42.3 Å². The third kappa shape index (κ3) is 2.50. The Bertz CT molecular complexity index is 1180. The Labute approximate surface area is 140 Å². The molecule has 0 aromatic carbocycles. The van der Waals surface area contributed by atoms with E-state index in [9.17, 15) is 9.59 Å². The number of nitrogens with zero attached hydrogens (tertiary/aromatic N) is 6. The Balaban J connectivity index is 1.97. The molecular weight excluding hydrogens is 324 g/mol. The molecule has 25 heavy (non-hydrogen) atoms. The van der Waals surface area contributed by atoms with Crippen molar-refractivity contribution in [1.29, 1.82) is 0 Å². The maximum absolute atomic E-state index is 12.8. The first-order valence-corrected chi connectivity index (χ1v) is 7.59. The molecule has 0 aliphatic carbocycles. The van der Waals surface area contributed by atoms with Crippen LogP contribution in [-0.4, -0.2) is 42.8 Å². The third-order valence-corrected chi connectivity index (χ3v) is 3.99. The highest BCUT2D eigenvalue weighted by atomic mass is 16.5. The highest BCUT2D eigenvalue weighted by molar-refractivity contribution is 5.91. The van der Waals surface area contributed by atoms with Crippen molar-refractivity contribution >= 4 is 21.8 Å². The fourth-order valence-electron chi connectivity index (χ4n) is 2.71. The van der Waals surface area contributed by atoms with Crippen LogP contribution in [0.25, 0.3) is 21.8 Å². The van der Waals surface area contributed by atoms with E-state index in [4.69, 9.17) is 4.74 Å². The van der Waals surface area contributed by atoms with Gasteiger partial charge in [-0.3, -0.25) is 9.59 Å². The minimum atomic E-state index is -0.307. The topological polar surface area (TPSA) is 96.8 Å². The maximum Gasteiger partial charge on any atom is 0.279 e. The van der Waals surface area contributed by atoms with Crippen molar-refractivity contribution in [3.05, 3.63) is 64.0 Å². The van der Waals surface area contributed by atoms with Gasteiger partial charge in [0, 0.05) is 26.0 Å². The predicted octanol–water partition coefficient (Wildman–Crippen LogP) is 0.261. The van der Waals surface area contributed by atoms with Gasteiger partial charge in [-0.2, -0.15) is 0 Å². The molecule has 0 bridgehead atoms. The number of aromatic nitrogens is 6. The monoisotopic (exact) mass is 338 g/mol. The summed E-state index contributed by atoms with van der Waals surface area (Å²) in [6.45, 7) is 0.857. The number of methoxy groups -OCH3 is 1. The van der Waals surface area contributed by atoms with E-state index in [2.05, 4.69) is 15.2 Å². The molecule has 0 N–H and O–H groups in total. The fourth-order valence-corrected chi connectivity index (χ4v) is 2.71. The Morgan fingerprint density at radius 2 is 1.68 bits per heavy atom. The molecule has 0 atom stereocenters. The van der Waals surface area contributed by atoms with Gasteiger partial charge in [0.1, 0.15) is 12.7 Å². The normalized spacial score (nSPS) is 11.4. The zero-order chi connectivity index (χ0) is 17.4. The first-order chi connectivity index (χ1) is 12.2. The maximum atomic E-state index is 12.8. The van der Waals surface area contributed by atoms with Crippen molar-refractivity contribution in [2.45, 2.75) is 6.54 Å². The number of hydrogen-bond acceptors (Lipinski definition) is 6. The minimum Gasteiger partial charge on any atom is -0.383 e. The van der Waals surface area contributed by atoms with Crippen molar-refractivity contribution in [3.8, 4) is 0 Å². The summed E-state index contributed by atoms with van der Waals surface area (Å²) in [7, 11) is 1.58. The lowest BCUT2D eigenvalue weighted by Gasteiger charge is -2.09. The van der Waals surface area contributed by atoms with E-state index in [0.717, 1.165) is 0 Å². The minimum absolute atomic E-state index is 0.206. The summed E-state index contributed by atoms with van der Waals surface area (Å²) in [4.78, 5) is 29.8. The van der Waals surface area contributed by atoms with Gasteiger partial charge in [0.15, 0.2) is 0 Å². The van der Waals surface area contributed by atoms with Gasteiger partial charge in [-0.1, -0.05) is 0 Å². The lowest BCUT2D eigenvalue weighted by Crippen LogP contribution is -2.25. The van der Waals surface area contributed by atoms with Gasteiger partial charge in [0.05, 0.1) is 28.4 Å². The summed E-state index contributed by atoms with van der Waals surface area (Å²) < 4.78 is 9.36. The summed E-state index contributed by atoms with van der Waals surface area (Å²) in [5, 5.41) is 8.14. The standard InChI is InChI=1S/C16H14N6O3/c1-25-7-6-20-4-2-13-11(15(20)23)8-12-14(19-13)3-5-22(16(12)24)21-9-17-18-10-21/h2-5,8-10H,6-7H2,1H3. The number of hydrogen-bond donors (Lipinski definition) is 0. The smallest absolute Gasteiger partial charge is 0.279 e. The van der Waals surface area contributed by atoms with Gasteiger partial charge in [-0.05, 0) is 18.2 Å². The van der Waals surface area contributed by atoms with Crippen LogP contribution in [0.5, 0.6) is 0 Å². The van der Waals surface area contributed by atoms with Crippen LogP contribution in [0.3, 0.4) is 0 Å².